The molecule has 29 heavy (non-hydrogen) atoms. The Morgan fingerprint density at radius 3 is 2.66 bits per heavy atom. The van der Waals surface area contributed by atoms with Crippen LogP contribution in [0.25, 0.3) is 11.3 Å². The monoisotopic (exact) mass is 410 g/mol. The van der Waals surface area contributed by atoms with Crippen molar-refractivity contribution in [3.8, 4) is 22.8 Å². The van der Waals surface area contributed by atoms with E-state index in [0.29, 0.717) is 24.6 Å². The molecule has 0 aliphatic carbocycles. The van der Waals surface area contributed by atoms with Crippen LogP contribution >= 0.6 is 11.3 Å². The lowest BCUT2D eigenvalue weighted by Gasteiger charge is -2.09. The van der Waals surface area contributed by atoms with E-state index >= 15 is 0 Å². The molecule has 0 atom stereocenters. The molecule has 3 aromatic rings. The molecule has 1 heterocycles. The molecular formula is C23H26N2O3S. The Kier molecular flexibility index (Phi) is 7.25. The molecule has 0 saturated heterocycles. The minimum Gasteiger partial charge on any atom is -0.494 e. The van der Waals surface area contributed by atoms with Gasteiger partial charge in [0.2, 0.25) is 5.91 Å². The summed E-state index contributed by atoms with van der Waals surface area (Å²) in [7, 11) is 0. The third-order valence-electron chi connectivity index (χ3n) is 4.08. The van der Waals surface area contributed by atoms with Crippen molar-refractivity contribution in [3.05, 3.63) is 59.5 Å². The molecule has 0 radical (unpaired) electrons. The van der Waals surface area contributed by atoms with Crippen molar-refractivity contribution >= 4 is 22.4 Å². The number of anilines is 1. The van der Waals surface area contributed by atoms with Crippen LogP contribution in [0.5, 0.6) is 11.5 Å². The predicted molar refractivity (Wildman–Crippen MR) is 118 cm³/mol. The fraction of sp³-hybridized carbons (Fsp3) is 0.304. The number of carbonyl (C=O) groups is 1. The van der Waals surface area contributed by atoms with E-state index < -0.39 is 0 Å². The highest BCUT2D eigenvalue weighted by Gasteiger charge is 2.09. The van der Waals surface area contributed by atoms with Crippen LogP contribution in [0.3, 0.4) is 0 Å². The third kappa shape index (κ3) is 6.61. The van der Waals surface area contributed by atoms with E-state index in [1.54, 1.807) is 0 Å². The number of carbonyl (C=O) groups excluding carboxylic acids is 1. The van der Waals surface area contributed by atoms with Crippen molar-refractivity contribution in [2.45, 2.75) is 39.7 Å². The van der Waals surface area contributed by atoms with Crippen molar-refractivity contribution in [1.29, 1.82) is 0 Å². The zero-order valence-electron chi connectivity index (χ0n) is 17.0. The summed E-state index contributed by atoms with van der Waals surface area (Å²) in [6.45, 7) is 6.53. The van der Waals surface area contributed by atoms with Crippen molar-refractivity contribution in [2.24, 2.45) is 0 Å². The van der Waals surface area contributed by atoms with Gasteiger partial charge in [-0.15, -0.1) is 11.3 Å². The average molecular weight is 411 g/mol. The molecule has 2 aromatic carbocycles. The summed E-state index contributed by atoms with van der Waals surface area (Å²) in [5, 5.41) is 5.41. The molecule has 0 fully saturated rings. The lowest BCUT2D eigenvalue weighted by molar-refractivity contribution is -0.116. The number of thiazole rings is 1. The Labute approximate surface area is 175 Å². The van der Waals surface area contributed by atoms with Crippen LogP contribution in [0.1, 0.15) is 32.3 Å². The van der Waals surface area contributed by atoms with Gasteiger partial charge in [-0.1, -0.05) is 12.1 Å². The molecule has 1 aromatic heterocycles. The predicted octanol–water partition coefficient (Wildman–Crippen LogP) is 5.70. The minimum atomic E-state index is -0.0561. The number of hydrogen-bond acceptors (Lipinski definition) is 5. The van der Waals surface area contributed by atoms with Crippen molar-refractivity contribution in [3.63, 3.8) is 0 Å². The maximum absolute atomic E-state index is 12.2. The summed E-state index contributed by atoms with van der Waals surface area (Å²) in [5.41, 5.74) is 2.98. The van der Waals surface area contributed by atoms with E-state index in [0.717, 1.165) is 28.3 Å². The van der Waals surface area contributed by atoms with E-state index in [1.165, 1.54) is 11.3 Å². The number of amides is 1. The Balaban J connectivity index is 1.45. The van der Waals surface area contributed by atoms with E-state index in [-0.39, 0.29) is 12.0 Å². The average Bonchev–Trinajstić information content (AvgIpc) is 3.14. The van der Waals surface area contributed by atoms with E-state index in [2.05, 4.69) is 10.3 Å². The Hall–Kier alpha value is -2.86. The van der Waals surface area contributed by atoms with Gasteiger partial charge in [-0.25, -0.2) is 4.98 Å². The van der Waals surface area contributed by atoms with E-state index in [1.807, 2.05) is 74.7 Å². The molecular weight excluding hydrogens is 384 g/mol. The molecule has 0 spiro atoms. The first kappa shape index (κ1) is 20.9. The number of ether oxygens (including phenoxy) is 2. The number of rotatable bonds is 9. The van der Waals surface area contributed by atoms with Crippen molar-refractivity contribution in [1.82, 2.24) is 4.98 Å². The first-order chi connectivity index (χ1) is 14.0. The first-order valence-electron chi connectivity index (χ1n) is 9.71. The van der Waals surface area contributed by atoms with Gasteiger partial charge in [0.1, 0.15) is 11.5 Å². The van der Waals surface area contributed by atoms with Crippen LogP contribution < -0.4 is 14.8 Å². The van der Waals surface area contributed by atoms with Gasteiger partial charge < -0.3 is 14.8 Å². The van der Waals surface area contributed by atoms with Crippen LogP contribution in [0, 0.1) is 6.92 Å². The smallest absolute Gasteiger partial charge is 0.226 e. The molecule has 1 N–H and O–H groups in total. The van der Waals surface area contributed by atoms with Crippen LogP contribution in [-0.4, -0.2) is 23.6 Å². The summed E-state index contributed by atoms with van der Waals surface area (Å²) in [6.07, 6.45) is 1.18. The van der Waals surface area contributed by atoms with Gasteiger partial charge in [0.15, 0.2) is 5.13 Å². The van der Waals surface area contributed by atoms with Gasteiger partial charge in [-0.2, -0.15) is 0 Å². The lowest BCUT2D eigenvalue weighted by atomic mass is 10.2. The number of nitrogens with zero attached hydrogens (tertiary/aromatic N) is 1. The van der Waals surface area contributed by atoms with Crippen LogP contribution in [0.15, 0.2) is 53.9 Å². The van der Waals surface area contributed by atoms with Gasteiger partial charge in [-0.05, 0) is 69.2 Å². The standard InChI is InChI=1S/C23H26N2O3S/c1-16(2)28-19-11-9-18(10-12-19)21-15-29-23(24-21)25-22(26)8-5-13-27-20-7-4-6-17(3)14-20/h4,6-7,9-12,14-16H,5,8,13H2,1-3H3,(H,24,25,26). The van der Waals surface area contributed by atoms with Gasteiger partial charge in [0.25, 0.3) is 0 Å². The molecule has 0 aliphatic rings. The Morgan fingerprint density at radius 1 is 1.14 bits per heavy atom. The molecule has 0 saturated carbocycles. The van der Waals surface area contributed by atoms with Crippen LogP contribution in [0.4, 0.5) is 5.13 Å². The molecule has 1 amide bonds. The maximum atomic E-state index is 12.2. The second-order valence-corrected chi connectivity index (χ2v) is 7.90. The largest absolute Gasteiger partial charge is 0.494 e. The van der Waals surface area contributed by atoms with Crippen molar-refractivity contribution < 1.29 is 14.3 Å². The number of benzene rings is 2. The lowest BCUT2D eigenvalue weighted by Crippen LogP contribution is -2.12. The van der Waals surface area contributed by atoms with Crippen LogP contribution in [-0.2, 0) is 4.79 Å². The van der Waals surface area contributed by atoms with Gasteiger partial charge in [-0.3, -0.25) is 4.79 Å². The molecule has 5 nitrogen and oxygen atoms in total. The Bertz CT molecular complexity index is 935. The van der Waals surface area contributed by atoms with E-state index in [9.17, 15) is 4.79 Å². The summed E-state index contributed by atoms with van der Waals surface area (Å²) < 4.78 is 11.3. The molecule has 3 rings (SSSR count). The topological polar surface area (TPSA) is 60.5 Å². The molecule has 0 bridgehead atoms. The van der Waals surface area contributed by atoms with Crippen LogP contribution in [0.2, 0.25) is 0 Å². The normalized spacial score (nSPS) is 10.8. The minimum absolute atomic E-state index is 0.0561. The van der Waals surface area contributed by atoms with Crippen molar-refractivity contribution in [2.75, 3.05) is 11.9 Å². The molecule has 152 valence electrons. The number of aryl methyl sites for hydroxylation is 1. The summed E-state index contributed by atoms with van der Waals surface area (Å²) in [5.74, 6) is 1.61. The third-order valence-corrected chi connectivity index (χ3v) is 4.84. The molecule has 0 unspecified atom stereocenters. The fourth-order valence-corrected chi connectivity index (χ4v) is 3.49. The second-order valence-electron chi connectivity index (χ2n) is 7.05. The summed E-state index contributed by atoms with van der Waals surface area (Å²) in [6, 6.07) is 15.7. The molecule has 0 aliphatic heterocycles. The number of nitrogens with one attached hydrogen (secondary N) is 1. The first-order valence-corrected chi connectivity index (χ1v) is 10.6. The van der Waals surface area contributed by atoms with E-state index in [4.69, 9.17) is 9.47 Å². The zero-order chi connectivity index (χ0) is 20.6. The summed E-state index contributed by atoms with van der Waals surface area (Å²) in [4.78, 5) is 16.7. The number of hydrogen-bond donors (Lipinski definition) is 1. The SMILES string of the molecule is Cc1cccc(OCCCC(=O)Nc2nc(-c3ccc(OC(C)C)cc3)cs2)c1. The number of aromatic nitrogens is 1. The van der Waals surface area contributed by atoms with Gasteiger partial charge in [0, 0.05) is 17.4 Å². The highest BCUT2D eigenvalue weighted by atomic mass is 32.1. The quantitative estimate of drug-likeness (QED) is 0.460. The van der Waals surface area contributed by atoms with Gasteiger partial charge >= 0.3 is 0 Å². The Morgan fingerprint density at radius 2 is 1.93 bits per heavy atom. The summed E-state index contributed by atoms with van der Waals surface area (Å²) >= 11 is 1.42. The second kappa shape index (κ2) is 10.1. The molecule has 6 heteroatoms. The highest BCUT2D eigenvalue weighted by molar-refractivity contribution is 7.14. The highest BCUT2D eigenvalue weighted by Crippen LogP contribution is 2.27. The fourth-order valence-electron chi connectivity index (χ4n) is 2.75. The van der Waals surface area contributed by atoms with Gasteiger partial charge in [0.05, 0.1) is 18.4 Å². The maximum Gasteiger partial charge on any atom is 0.226 e. The zero-order valence-corrected chi connectivity index (χ0v) is 17.8.